The monoisotopic (exact) mass is 267 g/mol. The van der Waals surface area contributed by atoms with Gasteiger partial charge in [0.1, 0.15) is 5.82 Å². The lowest BCUT2D eigenvalue weighted by Crippen LogP contribution is -2.34. The highest BCUT2D eigenvalue weighted by Crippen LogP contribution is 2.24. The zero-order chi connectivity index (χ0) is 14.4. The average Bonchev–Trinajstić information content (AvgIpc) is 2.39. The smallest absolute Gasteiger partial charge is 0.335 e. The topological polar surface area (TPSA) is 40.5 Å². The highest BCUT2D eigenvalue weighted by atomic mass is 19.1. The summed E-state index contributed by atoms with van der Waals surface area (Å²) in [5, 5.41) is 8.86. The second-order valence-corrected chi connectivity index (χ2v) is 4.78. The van der Waals surface area contributed by atoms with Crippen molar-refractivity contribution in [1.82, 2.24) is 0 Å². The van der Waals surface area contributed by atoms with Gasteiger partial charge in [-0.05, 0) is 38.0 Å². The fourth-order valence-electron chi connectivity index (χ4n) is 2.00. The van der Waals surface area contributed by atoms with Crippen molar-refractivity contribution >= 4 is 11.7 Å². The van der Waals surface area contributed by atoms with E-state index in [9.17, 15) is 9.18 Å². The number of hydrogen-bond donors (Lipinski definition) is 1. The van der Waals surface area contributed by atoms with Gasteiger partial charge in [-0.1, -0.05) is 20.3 Å². The van der Waals surface area contributed by atoms with Crippen LogP contribution >= 0.6 is 0 Å². The summed E-state index contributed by atoms with van der Waals surface area (Å²) in [5.74, 6) is -1.56. The Balaban J connectivity index is 3.04. The maximum Gasteiger partial charge on any atom is 0.335 e. The molecule has 1 aromatic rings. The van der Waals surface area contributed by atoms with Crippen LogP contribution < -0.4 is 4.90 Å². The third-order valence-electron chi connectivity index (χ3n) is 3.38. The van der Waals surface area contributed by atoms with Crippen LogP contribution in [0, 0.1) is 5.82 Å². The number of carboxylic acid groups (broad SMARTS) is 1. The normalized spacial score (nSPS) is 12.2. The van der Waals surface area contributed by atoms with Gasteiger partial charge in [-0.15, -0.1) is 0 Å². The molecule has 4 heteroatoms. The molecule has 3 nitrogen and oxygen atoms in total. The first-order chi connectivity index (χ1) is 9.01. The van der Waals surface area contributed by atoms with Crippen molar-refractivity contribution in [2.75, 3.05) is 11.4 Å². The molecule has 0 aromatic heterocycles. The molecule has 0 fully saturated rings. The largest absolute Gasteiger partial charge is 0.478 e. The highest BCUT2D eigenvalue weighted by Gasteiger charge is 2.17. The molecule has 1 aromatic carbocycles. The molecule has 0 amide bonds. The van der Waals surface area contributed by atoms with Crippen molar-refractivity contribution in [2.45, 2.75) is 46.1 Å². The van der Waals surface area contributed by atoms with Gasteiger partial charge < -0.3 is 10.0 Å². The molecule has 19 heavy (non-hydrogen) atoms. The number of aromatic carboxylic acids is 1. The standard InChI is InChI=1S/C15H22FNO2/c1-4-6-9-17(11(3)5-2)14-8-7-12(15(18)19)10-13(14)16/h7-8,10-11H,4-6,9H2,1-3H3,(H,18,19). The fourth-order valence-corrected chi connectivity index (χ4v) is 2.00. The van der Waals surface area contributed by atoms with Gasteiger partial charge in [0, 0.05) is 12.6 Å². The van der Waals surface area contributed by atoms with Crippen molar-refractivity contribution in [2.24, 2.45) is 0 Å². The molecular formula is C15H22FNO2. The van der Waals surface area contributed by atoms with E-state index < -0.39 is 11.8 Å². The zero-order valence-electron chi connectivity index (χ0n) is 11.8. The Labute approximate surface area is 114 Å². The first-order valence-corrected chi connectivity index (χ1v) is 6.80. The van der Waals surface area contributed by atoms with Crippen molar-refractivity contribution in [3.63, 3.8) is 0 Å². The number of benzene rings is 1. The minimum Gasteiger partial charge on any atom is -0.478 e. The van der Waals surface area contributed by atoms with E-state index in [1.54, 1.807) is 6.07 Å². The maximum atomic E-state index is 14.1. The summed E-state index contributed by atoms with van der Waals surface area (Å²) in [6.45, 7) is 7.00. The van der Waals surface area contributed by atoms with Crippen LogP contribution in [0.5, 0.6) is 0 Å². The molecule has 1 rings (SSSR count). The van der Waals surface area contributed by atoms with Crippen LogP contribution in [0.3, 0.4) is 0 Å². The first-order valence-electron chi connectivity index (χ1n) is 6.80. The number of carboxylic acids is 1. The van der Waals surface area contributed by atoms with E-state index >= 15 is 0 Å². The van der Waals surface area contributed by atoms with Gasteiger partial charge in [0.2, 0.25) is 0 Å². The van der Waals surface area contributed by atoms with Gasteiger partial charge in [0.05, 0.1) is 11.3 Å². The minimum absolute atomic E-state index is 0.0131. The second kappa shape index (κ2) is 7.12. The lowest BCUT2D eigenvalue weighted by Gasteiger charge is -2.31. The molecule has 0 spiro atoms. The molecule has 1 N–H and O–H groups in total. The van der Waals surface area contributed by atoms with Crippen LogP contribution in [0.1, 0.15) is 50.4 Å². The minimum atomic E-state index is -1.10. The molecule has 0 saturated carbocycles. The summed E-state index contributed by atoms with van der Waals surface area (Å²) in [6.07, 6.45) is 2.95. The molecule has 0 radical (unpaired) electrons. The number of unbranched alkanes of at least 4 members (excludes halogenated alkanes) is 1. The fraction of sp³-hybridized carbons (Fsp3) is 0.533. The molecule has 1 unspecified atom stereocenters. The van der Waals surface area contributed by atoms with Gasteiger partial charge in [-0.3, -0.25) is 0 Å². The molecule has 0 aliphatic rings. The molecule has 1 atom stereocenters. The van der Waals surface area contributed by atoms with Crippen LogP contribution in [-0.4, -0.2) is 23.7 Å². The van der Waals surface area contributed by atoms with Gasteiger partial charge in [0.25, 0.3) is 0 Å². The van der Waals surface area contributed by atoms with Crippen LogP contribution in [0.15, 0.2) is 18.2 Å². The van der Waals surface area contributed by atoms with Gasteiger partial charge in [0.15, 0.2) is 0 Å². The predicted octanol–water partition coefficient (Wildman–Crippen LogP) is 3.93. The molecule has 106 valence electrons. The molecule has 0 heterocycles. The van der Waals surface area contributed by atoms with Gasteiger partial charge in [-0.25, -0.2) is 9.18 Å². The lowest BCUT2D eigenvalue weighted by molar-refractivity contribution is 0.0696. The Bertz CT molecular complexity index is 434. The van der Waals surface area contributed by atoms with E-state index in [2.05, 4.69) is 20.8 Å². The summed E-state index contributed by atoms with van der Waals surface area (Å²) >= 11 is 0. The first kappa shape index (κ1) is 15.5. The third-order valence-corrected chi connectivity index (χ3v) is 3.38. The maximum absolute atomic E-state index is 14.1. The Morgan fingerprint density at radius 3 is 2.58 bits per heavy atom. The Morgan fingerprint density at radius 2 is 2.11 bits per heavy atom. The van der Waals surface area contributed by atoms with E-state index in [1.165, 1.54) is 6.07 Å². The van der Waals surface area contributed by atoms with Crippen LogP contribution in [0.2, 0.25) is 0 Å². The van der Waals surface area contributed by atoms with E-state index in [0.717, 1.165) is 31.9 Å². The lowest BCUT2D eigenvalue weighted by atomic mass is 10.1. The molecule has 0 aliphatic heterocycles. The summed E-state index contributed by atoms with van der Waals surface area (Å²) in [7, 11) is 0. The van der Waals surface area contributed by atoms with E-state index in [-0.39, 0.29) is 11.6 Å². The average molecular weight is 267 g/mol. The summed E-state index contributed by atoms with van der Waals surface area (Å²) in [6, 6.07) is 4.36. The third kappa shape index (κ3) is 3.94. The Morgan fingerprint density at radius 1 is 1.42 bits per heavy atom. The van der Waals surface area contributed by atoms with Crippen molar-refractivity contribution in [3.8, 4) is 0 Å². The van der Waals surface area contributed by atoms with E-state index in [1.807, 2.05) is 4.90 Å². The summed E-state index contributed by atoms with van der Waals surface area (Å²) in [4.78, 5) is 12.8. The zero-order valence-corrected chi connectivity index (χ0v) is 11.8. The Kier molecular flexibility index (Phi) is 5.80. The number of hydrogen-bond acceptors (Lipinski definition) is 2. The number of halogens is 1. The molecule has 0 aliphatic carbocycles. The van der Waals surface area contributed by atoms with E-state index in [0.29, 0.717) is 5.69 Å². The molecule has 0 bridgehead atoms. The second-order valence-electron chi connectivity index (χ2n) is 4.78. The SMILES string of the molecule is CCCCN(c1ccc(C(=O)O)cc1F)C(C)CC. The van der Waals surface area contributed by atoms with Gasteiger partial charge >= 0.3 is 5.97 Å². The number of anilines is 1. The summed E-state index contributed by atoms with van der Waals surface area (Å²) < 4.78 is 14.1. The van der Waals surface area contributed by atoms with Crippen LogP contribution in [0.4, 0.5) is 10.1 Å². The predicted molar refractivity (Wildman–Crippen MR) is 75.4 cm³/mol. The highest BCUT2D eigenvalue weighted by molar-refractivity contribution is 5.88. The molecular weight excluding hydrogens is 245 g/mol. The van der Waals surface area contributed by atoms with Crippen LogP contribution in [0.25, 0.3) is 0 Å². The van der Waals surface area contributed by atoms with Crippen molar-refractivity contribution in [3.05, 3.63) is 29.6 Å². The number of rotatable bonds is 7. The van der Waals surface area contributed by atoms with Crippen molar-refractivity contribution in [1.29, 1.82) is 0 Å². The van der Waals surface area contributed by atoms with Gasteiger partial charge in [-0.2, -0.15) is 0 Å². The quantitative estimate of drug-likeness (QED) is 0.813. The Hall–Kier alpha value is -1.58. The molecule has 0 saturated heterocycles. The summed E-state index contributed by atoms with van der Waals surface area (Å²) in [5.41, 5.74) is 0.480. The van der Waals surface area contributed by atoms with E-state index in [4.69, 9.17) is 5.11 Å². The number of nitrogens with zero attached hydrogens (tertiary/aromatic N) is 1. The number of carbonyl (C=O) groups is 1. The van der Waals surface area contributed by atoms with Crippen molar-refractivity contribution < 1.29 is 14.3 Å². The van der Waals surface area contributed by atoms with Crippen LogP contribution in [-0.2, 0) is 0 Å².